The van der Waals surface area contributed by atoms with E-state index in [0.29, 0.717) is 0 Å². The first-order chi connectivity index (χ1) is 13.2. The Morgan fingerprint density at radius 2 is 1.86 bits per heavy atom. The number of phenols is 1. The van der Waals surface area contributed by atoms with E-state index in [1.807, 2.05) is 45.0 Å². The number of alkyl carbamates (subject to hydrolysis) is 1. The van der Waals surface area contributed by atoms with E-state index in [0.717, 1.165) is 29.8 Å². The number of aromatic hydroxyl groups is 1. The van der Waals surface area contributed by atoms with Crippen molar-refractivity contribution in [2.24, 2.45) is 0 Å². The van der Waals surface area contributed by atoms with E-state index in [1.54, 1.807) is 18.3 Å². The highest BCUT2D eigenvalue weighted by molar-refractivity contribution is 5.68. The van der Waals surface area contributed by atoms with Gasteiger partial charge in [-0.2, -0.15) is 0 Å². The van der Waals surface area contributed by atoms with Crippen LogP contribution in [-0.2, 0) is 4.74 Å². The number of amides is 1. The fraction of sp³-hybridized carbons (Fsp3) is 0.455. The van der Waals surface area contributed by atoms with Crippen LogP contribution in [0.15, 0.2) is 42.6 Å². The van der Waals surface area contributed by atoms with Crippen LogP contribution in [0.25, 0.3) is 0 Å². The first-order valence-electron chi connectivity index (χ1n) is 9.60. The van der Waals surface area contributed by atoms with Gasteiger partial charge in [-0.05, 0) is 50.6 Å². The van der Waals surface area contributed by atoms with Gasteiger partial charge in [0.05, 0.1) is 6.20 Å². The molecule has 6 nitrogen and oxygen atoms in total. The number of rotatable bonds is 5. The molecule has 1 aliphatic carbocycles. The van der Waals surface area contributed by atoms with Crippen molar-refractivity contribution < 1.29 is 19.4 Å². The first kappa shape index (κ1) is 20.0. The molecule has 1 atom stereocenters. The summed E-state index contributed by atoms with van der Waals surface area (Å²) in [5, 5.41) is 12.3. The maximum Gasteiger partial charge on any atom is 0.407 e. The summed E-state index contributed by atoms with van der Waals surface area (Å²) >= 11 is 0. The third kappa shape index (κ3) is 5.38. The van der Waals surface area contributed by atoms with Gasteiger partial charge in [0.15, 0.2) is 0 Å². The zero-order valence-corrected chi connectivity index (χ0v) is 16.8. The van der Waals surface area contributed by atoms with Crippen LogP contribution < -0.4 is 10.1 Å². The molecule has 0 radical (unpaired) electrons. The summed E-state index contributed by atoms with van der Waals surface area (Å²) in [5.74, 6) is 1.11. The van der Waals surface area contributed by atoms with E-state index in [4.69, 9.17) is 9.47 Å². The third-order valence-corrected chi connectivity index (χ3v) is 4.71. The summed E-state index contributed by atoms with van der Waals surface area (Å²) in [6, 6.07) is 11.1. The van der Waals surface area contributed by atoms with Crippen LogP contribution in [0.5, 0.6) is 11.5 Å². The molecule has 150 valence electrons. The molecular formula is C22H28N2O4. The van der Waals surface area contributed by atoms with E-state index in [-0.39, 0.29) is 29.9 Å². The number of ether oxygens (including phenoxy) is 2. The van der Waals surface area contributed by atoms with Gasteiger partial charge in [-0.1, -0.05) is 19.1 Å². The lowest BCUT2D eigenvalue weighted by molar-refractivity contribution is 0.0362. The quantitative estimate of drug-likeness (QED) is 0.800. The minimum Gasteiger partial charge on any atom is -0.508 e. The molecule has 0 aliphatic heterocycles. The standard InChI is InChI=1S/C22H28N2O4/c1-14(15-5-7-17(25)8-6-15)20-10-9-18(13-23-20)27-19-11-16(12-19)24-21(26)28-22(2,3)4/h5-10,13-14,16,19,25H,11-12H2,1-4H3,(H,24,26)/t14-,16?,19?/m1/s1. The molecule has 2 N–H and O–H groups in total. The third-order valence-electron chi connectivity index (χ3n) is 4.71. The van der Waals surface area contributed by atoms with Gasteiger partial charge in [0.25, 0.3) is 0 Å². The summed E-state index contributed by atoms with van der Waals surface area (Å²) in [5.41, 5.74) is 1.54. The predicted molar refractivity (Wildman–Crippen MR) is 107 cm³/mol. The van der Waals surface area contributed by atoms with E-state index in [1.165, 1.54) is 0 Å². The van der Waals surface area contributed by atoms with Gasteiger partial charge < -0.3 is 19.9 Å². The van der Waals surface area contributed by atoms with Crippen LogP contribution in [0.1, 0.15) is 57.7 Å². The molecule has 0 unspecified atom stereocenters. The predicted octanol–water partition coefficient (Wildman–Crippen LogP) is 4.37. The monoisotopic (exact) mass is 384 g/mol. The van der Waals surface area contributed by atoms with E-state index in [2.05, 4.69) is 17.2 Å². The molecule has 2 aromatic rings. The Morgan fingerprint density at radius 1 is 1.18 bits per heavy atom. The maximum absolute atomic E-state index is 11.8. The average Bonchev–Trinajstić information content (AvgIpc) is 2.59. The van der Waals surface area contributed by atoms with Crippen LogP contribution in [0, 0.1) is 0 Å². The first-order valence-corrected chi connectivity index (χ1v) is 9.60. The van der Waals surface area contributed by atoms with Crippen molar-refractivity contribution in [3.8, 4) is 11.5 Å². The Hall–Kier alpha value is -2.76. The molecule has 0 spiro atoms. The normalized spacial score (nSPS) is 20.0. The SMILES string of the molecule is C[C@H](c1ccc(O)cc1)c1ccc(OC2CC(NC(=O)OC(C)(C)C)C2)cn1. The smallest absolute Gasteiger partial charge is 0.407 e. The van der Waals surface area contributed by atoms with Crippen molar-refractivity contribution >= 4 is 6.09 Å². The fourth-order valence-corrected chi connectivity index (χ4v) is 3.10. The number of pyridine rings is 1. The number of phenolic OH excluding ortho intramolecular Hbond substituents is 1. The second kappa shape index (κ2) is 8.09. The molecule has 1 aromatic heterocycles. The summed E-state index contributed by atoms with van der Waals surface area (Å²) in [6.07, 6.45) is 2.93. The van der Waals surface area contributed by atoms with Crippen LogP contribution in [0.3, 0.4) is 0 Å². The highest BCUT2D eigenvalue weighted by atomic mass is 16.6. The molecule has 0 saturated heterocycles. The molecular weight excluding hydrogens is 356 g/mol. The zero-order chi connectivity index (χ0) is 20.3. The molecule has 1 fully saturated rings. The Bertz CT molecular complexity index is 791. The van der Waals surface area contributed by atoms with Crippen molar-refractivity contribution in [1.82, 2.24) is 10.3 Å². The van der Waals surface area contributed by atoms with E-state index < -0.39 is 5.60 Å². The van der Waals surface area contributed by atoms with Gasteiger partial charge >= 0.3 is 6.09 Å². The molecule has 1 aliphatic rings. The lowest BCUT2D eigenvalue weighted by Gasteiger charge is -2.36. The molecule has 0 bridgehead atoms. The highest BCUT2D eigenvalue weighted by Gasteiger charge is 2.33. The van der Waals surface area contributed by atoms with Gasteiger partial charge in [0, 0.05) is 30.5 Å². The largest absolute Gasteiger partial charge is 0.508 e. The van der Waals surface area contributed by atoms with Crippen molar-refractivity contribution in [3.05, 3.63) is 53.9 Å². The molecule has 3 rings (SSSR count). The van der Waals surface area contributed by atoms with Crippen LogP contribution in [0.4, 0.5) is 4.79 Å². The van der Waals surface area contributed by atoms with Gasteiger partial charge in [-0.15, -0.1) is 0 Å². The zero-order valence-electron chi connectivity index (χ0n) is 16.8. The number of carbonyl (C=O) groups is 1. The fourth-order valence-electron chi connectivity index (χ4n) is 3.10. The summed E-state index contributed by atoms with van der Waals surface area (Å²) in [4.78, 5) is 16.3. The molecule has 1 heterocycles. The minimum atomic E-state index is -0.492. The molecule has 1 amide bonds. The minimum absolute atomic E-state index is 0.0714. The van der Waals surface area contributed by atoms with Crippen LogP contribution in [-0.4, -0.2) is 33.9 Å². The summed E-state index contributed by atoms with van der Waals surface area (Å²) in [6.45, 7) is 7.61. The number of carbonyl (C=O) groups excluding carboxylic acids is 1. The number of nitrogens with one attached hydrogen (secondary N) is 1. The Balaban J connectivity index is 1.47. The number of hydrogen-bond donors (Lipinski definition) is 2. The van der Waals surface area contributed by atoms with Crippen molar-refractivity contribution in [1.29, 1.82) is 0 Å². The number of nitrogens with zero attached hydrogens (tertiary/aromatic N) is 1. The van der Waals surface area contributed by atoms with Gasteiger partial charge in [0.2, 0.25) is 0 Å². The van der Waals surface area contributed by atoms with Gasteiger partial charge in [-0.3, -0.25) is 4.98 Å². The van der Waals surface area contributed by atoms with Crippen LogP contribution in [0.2, 0.25) is 0 Å². The highest BCUT2D eigenvalue weighted by Crippen LogP contribution is 2.28. The Morgan fingerprint density at radius 3 is 2.43 bits per heavy atom. The number of hydrogen-bond acceptors (Lipinski definition) is 5. The van der Waals surface area contributed by atoms with Crippen LogP contribution >= 0.6 is 0 Å². The van der Waals surface area contributed by atoms with Gasteiger partial charge in [-0.25, -0.2) is 4.79 Å². The molecule has 6 heteroatoms. The lowest BCUT2D eigenvalue weighted by atomic mass is 9.89. The summed E-state index contributed by atoms with van der Waals surface area (Å²) in [7, 11) is 0. The second-order valence-corrected chi connectivity index (χ2v) is 8.29. The second-order valence-electron chi connectivity index (χ2n) is 8.29. The maximum atomic E-state index is 11.8. The summed E-state index contributed by atoms with van der Waals surface area (Å²) < 4.78 is 11.2. The average molecular weight is 384 g/mol. The lowest BCUT2D eigenvalue weighted by Crippen LogP contribution is -2.50. The van der Waals surface area contributed by atoms with Gasteiger partial charge in [0.1, 0.15) is 23.2 Å². The molecule has 1 aromatic carbocycles. The van der Waals surface area contributed by atoms with Crippen molar-refractivity contribution in [2.75, 3.05) is 0 Å². The van der Waals surface area contributed by atoms with Crippen molar-refractivity contribution in [2.45, 2.75) is 64.2 Å². The van der Waals surface area contributed by atoms with E-state index in [9.17, 15) is 9.90 Å². The number of benzene rings is 1. The Kier molecular flexibility index (Phi) is 5.77. The topological polar surface area (TPSA) is 80.7 Å². The van der Waals surface area contributed by atoms with Crippen molar-refractivity contribution in [3.63, 3.8) is 0 Å². The molecule has 1 saturated carbocycles. The number of aromatic nitrogens is 1. The van der Waals surface area contributed by atoms with E-state index >= 15 is 0 Å². The Labute approximate surface area is 165 Å². The molecule has 28 heavy (non-hydrogen) atoms.